The lowest BCUT2D eigenvalue weighted by molar-refractivity contribution is 0.180. The van der Waals surface area contributed by atoms with E-state index < -0.39 is 19.3 Å². The van der Waals surface area contributed by atoms with Crippen LogP contribution in [0.5, 0.6) is 0 Å². The van der Waals surface area contributed by atoms with Crippen LogP contribution in [-0.4, -0.2) is 29.6 Å². The van der Waals surface area contributed by atoms with Crippen molar-refractivity contribution in [2.75, 3.05) is 6.61 Å². The quantitative estimate of drug-likeness (QED) is 0.726. The molecule has 0 aromatic rings. The summed E-state index contributed by atoms with van der Waals surface area (Å²) < 4.78 is 22.9. The number of rotatable bonds is 1. The first kappa shape index (κ1) is 12.0. The van der Waals surface area contributed by atoms with E-state index in [0.717, 1.165) is 0 Å². The summed E-state index contributed by atoms with van der Waals surface area (Å²) in [5.41, 5.74) is 0. The summed E-state index contributed by atoms with van der Waals surface area (Å²) in [7, 11) is -3.09. The van der Waals surface area contributed by atoms with E-state index in [9.17, 15) is 8.42 Å². The predicted molar refractivity (Wildman–Crippen MR) is 56.9 cm³/mol. The molecule has 0 aromatic heterocycles. The molecule has 1 saturated heterocycles. The Labute approximate surface area is 86.4 Å². The number of hydrogen-bond acceptors (Lipinski definition) is 3. The van der Waals surface area contributed by atoms with Gasteiger partial charge in [-0.2, -0.15) is 0 Å². The molecule has 0 aromatic carbocycles. The van der Waals surface area contributed by atoms with Gasteiger partial charge in [-0.25, -0.2) is 8.42 Å². The zero-order valence-corrected chi connectivity index (χ0v) is 10.2. The maximum Gasteiger partial charge on any atom is 0.160 e. The fourth-order valence-electron chi connectivity index (χ4n) is 2.56. The van der Waals surface area contributed by atoms with Gasteiger partial charge in [0.1, 0.15) is 0 Å². The summed E-state index contributed by atoms with van der Waals surface area (Å²) in [4.78, 5) is 0. The van der Waals surface area contributed by atoms with E-state index >= 15 is 0 Å². The fraction of sp³-hybridized carbons (Fsp3) is 1.00. The SMILES string of the molecule is CC1(C)CC(CO)CC(C)(C)S1(=O)=O. The Morgan fingerprint density at radius 3 is 1.79 bits per heavy atom. The highest BCUT2D eigenvalue weighted by Gasteiger charge is 2.51. The lowest BCUT2D eigenvalue weighted by Crippen LogP contribution is -2.52. The zero-order valence-electron chi connectivity index (χ0n) is 9.37. The van der Waals surface area contributed by atoms with Gasteiger partial charge in [0.15, 0.2) is 9.84 Å². The van der Waals surface area contributed by atoms with E-state index in [4.69, 9.17) is 5.11 Å². The summed E-state index contributed by atoms with van der Waals surface area (Å²) >= 11 is 0. The lowest BCUT2D eigenvalue weighted by Gasteiger charge is -2.43. The molecule has 14 heavy (non-hydrogen) atoms. The lowest BCUT2D eigenvalue weighted by atomic mass is 9.88. The number of aliphatic hydroxyl groups excluding tert-OH is 1. The Kier molecular flexibility index (Phi) is 2.74. The average molecular weight is 220 g/mol. The topological polar surface area (TPSA) is 54.4 Å². The smallest absolute Gasteiger partial charge is 0.160 e. The minimum atomic E-state index is -3.09. The highest BCUT2D eigenvalue weighted by Crippen LogP contribution is 2.43. The van der Waals surface area contributed by atoms with Gasteiger partial charge in [-0.15, -0.1) is 0 Å². The molecule has 0 atom stereocenters. The Morgan fingerprint density at radius 1 is 1.14 bits per heavy atom. The van der Waals surface area contributed by atoms with Crippen molar-refractivity contribution in [2.45, 2.75) is 50.0 Å². The molecule has 3 nitrogen and oxygen atoms in total. The van der Waals surface area contributed by atoms with Crippen LogP contribution in [0.1, 0.15) is 40.5 Å². The molecule has 84 valence electrons. The van der Waals surface area contributed by atoms with Crippen molar-refractivity contribution in [2.24, 2.45) is 5.92 Å². The molecular weight excluding hydrogens is 200 g/mol. The van der Waals surface area contributed by atoms with Crippen LogP contribution >= 0.6 is 0 Å². The normalized spacial score (nSPS) is 30.1. The van der Waals surface area contributed by atoms with Crippen LogP contribution in [0.4, 0.5) is 0 Å². The second kappa shape index (κ2) is 3.20. The molecule has 1 aliphatic rings. The number of aliphatic hydroxyl groups is 1. The summed E-state index contributed by atoms with van der Waals surface area (Å²) in [6.45, 7) is 7.11. The van der Waals surface area contributed by atoms with Crippen molar-refractivity contribution < 1.29 is 13.5 Å². The van der Waals surface area contributed by atoms with Crippen LogP contribution in [0.2, 0.25) is 0 Å². The summed E-state index contributed by atoms with van der Waals surface area (Å²) in [6.07, 6.45) is 1.13. The Bertz CT molecular complexity index is 290. The highest BCUT2D eigenvalue weighted by atomic mass is 32.2. The van der Waals surface area contributed by atoms with Crippen LogP contribution < -0.4 is 0 Å². The first-order chi connectivity index (χ1) is 6.14. The molecule has 1 fully saturated rings. The van der Waals surface area contributed by atoms with E-state index in [-0.39, 0.29) is 12.5 Å². The summed E-state index contributed by atoms with van der Waals surface area (Å²) in [5.74, 6) is 0.114. The van der Waals surface area contributed by atoms with Crippen molar-refractivity contribution in [3.63, 3.8) is 0 Å². The van der Waals surface area contributed by atoms with Crippen LogP contribution in [0.3, 0.4) is 0 Å². The van der Waals surface area contributed by atoms with Crippen LogP contribution in [-0.2, 0) is 9.84 Å². The van der Waals surface area contributed by atoms with Gasteiger partial charge in [0.05, 0.1) is 9.49 Å². The summed E-state index contributed by atoms with van der Waals surface area (Å²) in [6, 6.07) is 0. The minimum absolute atomic E-state index is 0.0857. The van der Waals surface area contributed by atoms with Gasteiger partial charge in [-0.05, 0) is 46.5 Å². The van der Waals surface area contributed by atoms with E-state index in [0.29, 0.717) is 12.8 Å². The molecule has 1 N–H and O–H groups in total. The maximum absolute atomic E-state index is 12.1. The molecular formula is C10H20O3S. The molecule has 1 aliphatic heterocycles. The summed E-state index contributed by atoms with van der Waals surface area (Å²) in [5, 5.41) is 9.13. The minimum Gasteiger partial charge on any atom is -0.396 e. The second-order valence-corrected chi connectivity index (χ2v) is 8.70. The van der Waals surface area contributed by atoms with Gasteiger partial charge in [0, 0.05) is 6.61 Å². The standard InChI is InChI=1S/C10H20O3S/c1-9(2)5-8(7-11)6-10(3,4)14(9,12)13/h8,11H,5-7H2,1-4H3. The Balaban J connectivity index is 3.13. The molecule has 0 bridgehead atoms. The van der Waals surface area contributed by atoms with Gasteiger partial charge in [0.25, 0.3) is 0 Å². The largest absolute Gasteiger partial charge is 0.396 e. The first-order valence-corrected chi connectivity index (χ1v) is 6.47. The van der Waals surface area contributed by atoms with Crippen molar-refractivity contribution >= 4 is 9.84 Å². The van der Waals surface area contributed by atoms with Crippen LogP contribution in [0.15, 0.2) is 0 Å². The predicted octanol–water partition coefficient (Wildman–Crippen LogP) is 1.36. The molecule has 0 unspecified atom stereocenters. The Morgan fingerprint density at radius 2 is 1.50 bits per heavy atom. The molecule has 0 radical (unpaired) electrons. The van der Waals surface area contributed by atoms with Crippen molar-refractivity contribution in [3.05, 3.63) is 0 Å². The van der Waals surface area contributed by atoms with Gasteiger partial charge in [-0.3, -0.25) is 0 Å². The molecule has 1 heterocycles. The van der Waals surface area contributed by atoms with Gasteiger partial charge >= 0.3 is 0 Å². The van der Waals surface area contributed by atoms with Gasteiger partial charge in [-0.1, -0.05) is 0 Å². The monoisotopic (exact) mass is 220 g/mol. The van der Waals surface area contributed by atoms with Crippen molar-refractivity contribution in [1.82, 2.24) is 0 Å². The van der Waals surface area contributed by atoms with Gasteiger partial charge < -0.3 is 5.11 Å². The third-order valence-electron chi connectivity index (χ3n) is 3.27. The van der Waals surface area contributed by atoms with E-state index in [1.807, 2.05) is 0 Å². The highest BCUT2D eigenvalue weighted by molar-refractivity contribution is 7.94. The zero-order chi connectivity index (χ0) is 11.2. The van der Waals surface area contributed by atoms with Crippen LogP contribution in [0, 0.1) is 5.92 Å². The number of hydrogen-bond donors (Lipinski definition) is 1. The molecule has 0 saturated carbocycles. The van der Waals surface area contributed by atoms with Gasteiger partial charge in [0.2, 0.25) is 0 Å². The molecule has 0 aliphatic carbocycles. The van der Waals surface area contributed by atoms with E-state index in [2.05, 4.69) is 0 Å². The molecule has 0 spiro atoms. The van der Waals surface area contributed by atoms with Crippen molar-refractivity contribution in [3.8, 4) is 0 Å². The average Bonchev–Trinajstić information content (AvgIpc) is 1.99. The third kappa shape index (κ3) is 1.58. The first-order valence-electron chi connectivity index (χ1n) is 4.99. The number of sulfone groups is 1. The molecule has 4 heteroatoms. The van der Waals surface area contributed by atoms with E-state index in [1.54, 1.807) is 27.7 Å². The van der Waals surface area contributed by atoms with E-state index in [1.165, 1.54) is 0 Å². The fourth-order valence-corrected chi connectivity index (χ4v) is 4.97. The Hall–Kier alpha value is -0.0900. The third-order valence-corrected chi connectivity index (χ3v) is 6.52. The van der Waals surface area contributed by atoms with Crippen molar-refractivity contribution in [1.29, 1.82) is 0 Å². The molecule has 0 amide bonds. The maximum atomic E-state index is 12.1. The van der Waals surface area contributed by atoms with Crippen LogP contribution in [0.25, 0.3) is 0 Å². The molecule has 1 rings (SSSR count). The second-order valence-electron chi connectivity index (χ2n) is 5.48.